The van der Waals surface area contributed by atoms with E-state index in [1.165, 1.54) is 0 Å². The molecule has 2 aliphatic heterocycles. The Morgan fingerprint density at radius 1 is 0.973 bits per heavy atom. The van der Waals surface area contributed by atoms with Gasteiger partial charge in [-0.25, -0.2) is 4.98 Å². The van der Waals surface area contributed by atoms with Crippen molar-refractivity contribution in [1.29, 1.82) is 0 Å². The fourth-order valence-corrected chi connectivity index (χ4v) is 5.65. The summed E-state index contributed by atoms with van der Waals surface area (Å²) in [5.41, 5.74) is 4.05. The Morgan fingerprint density at radius 3 is 2.49 bits per heavy atom. The Hall–Kier alpha value is -3.42. The number of imidazole rings is 1. The number of rotatable bonds is 7. The van der Waals surface area contributed by atoms with Gasteiger partial charge in [0.15, 0.2) is 11.5 Å². The van der Waals surface area contributed by atoms with Crippen LogP contribution in [0.15, 0.2) is 54.7 Å². The average Bonchev–Trinajstić information content (AvgIpc) is 3.56. The third-order valence-electron chi connectivity index (χ3n) is 7.44. The summed E-state index contributed by atoms with van der Waals surface area (Å²) in [6.45, 7) is 3.25. The van der Waals surface area contributed by atoms with Crippen molar-refractivity contribution in [3.05, 3.63) is 71.1 Å². The largest absolute Gasteiger partial charge is 0.496 e. The van der Waals surface area contributed by atoms with Crippen molar-refractivity contribution < 1.29 is 18.9 Å². The molecule has 0 spiro atoms. The smallest absolute Gasteiger partial charge is 0.231 e. The van der Waals surface area contributed by atoms with E-state index >= 15 is 0 Å². The van der Waals surface area contributed by atoms with Crippen LogP contribution in [0.25, 0.3) is 16.8 Å². The highest BCUT2D eigenvalue weighted by Gasteiger charge is 2.27. The fourth-order valence-electron chi connectivity index (χ4n) is 5.49. The van der Waals surface area contributed by atoms with Crippen molar-refractivity contribution in [2.24, 2.45) is 0 Å². The van der Waals surface area contributed by atoms with Gasteiger partial charge in [0.2, 0.25) is 6.79 Å². The first-order chi connectivity index (χ1) is 18.1. The number of benzene rings is 2. The van der Waals surface area contributed by atoms with E-state index in [2.05, 4.69) is 9.30 Å². The summed E-state index contributed by atoms with van der Waals surface area (Å²) in [6.07, 6.45) is 5.02. The van der Waals surface area contributed by atoms with Crippen molar-refractivity contribution in [3.63, 3.8) is 0 Å². The molecule has 0 unspecified atom stereocenters. The quantitative estimate of drug-likeness (QED) is 0.306. The van der Waals surface area contributed by atoms with Crippen LogP contribution >= 0.6 is 11.6 Å². The number of nitrogens with zero attached hydrogens (tertiary/aromatic N) is 3. The van der Waals surface area contributed by atoms with Crippen LogP contribution in [0.5, 0.6) is 23.0 Å². The van der Waals surface area contributed by atoms with E-state index < -0.39 is 0 Å². The number of hydrogen-bond donors (Lipinski definition) is 0. The zero-order valence-electron chi connectivity index (χ0n) is 21.1. The Balaban J connectivity index is 1.20. The first kappa shape index (κ1) is 23.9. The van der Waals surface area contributed by atoms with Crippen molar-refractivity contribution >= 4 is 17.1 Å². The summed E-state index contributed by atoms with van der Waals surface area (Å²) in [5.74, 6) is 4.74. The summed E-state index contributed by atoms with van der Waals surface area (Å²) in [7, 11) is 3.42. The summed E-state index contributed by atoms with van der Waals surface area (Å²) < 4.78 is 24.5. The molecule has 0 amide bonds. The molecule has 0 aliphatic carbocycles. The van der Waals surface area contributed by atoms with Crippen LogP contribution < -0.4 is 18.9 Å². The van der Waals surface area contributed by atoms with Crippen molar-refractivity contribution in [1.82, 2.24) is 14.3 Å². The van der Waals surface area contributed by atoms with Gasteiger partial charge in [-0.3, -0.25) is 0 Å². The van der Waals surface area contributed by atoms with E-state index in [1.54, 1.807) is 14.2 Å². The fraction of sp³-hybridized carbons (Fsp3) is 0.345. The maximum Gasteiger partial charge on any atom is 0.231 e. The molecule has 8 heteroatoms. The molecule has 2 aliphatic rings. The first-order valence-corrected chi connectivity index (χ1v) is 13.0. The standard InChI is InChI=1S/C29H30ClN3O4/c1-34-24-4-3-5-25(35-2)22(24)11-14-32-12-8-19(9-13-32)29-31-28(23-17-21(30)10-15-33(23)29)20-6-7-26-27(16-20)37-18-36-26/h3-7,10,15-17,19H,8-9,11-14,18H2,1-2H3. The molecule has 7 nitrogen and oxygen atoms in total. The van der Waals surface area contributed by atoms with Crippen LogP contribution in [0.2, 0.25) is 5.02 Å². The third kappa shape index (κ3) is 4.58. The number of pyridine rings is 1. The minimum atomic E-state index is 0.252. The maximum atomic E-state index is 6.40. The van der Waals surface area contributed by atoms with Crippen LogP contribution in [0.4, 0.5) is 0 Å². The normalized spacial score (nSPS) is 15.9. The molecule has 0 radical (unpaired) electrons. The van der Waals surface area contributed by atoms with E-state index in [-0.39, 0.29) is 6.79 Å². The first-order valence-electron chi connectivity index (χ1n) is 12.6. The molecule has 0 N–H and O–H groups in total. The molecular formula is C29H30ClN3O4. The zero-order valence-corrected chi connectivity index (χ0v) is 21.8. The molecule has 0 atom stereocenters. The Morgan fingerprint density at radius 2 is 1.73 bits per heavy atom. The predicted octanol–water partition coefficient (Wildman–Crippen LogP) is 5.82. The SMILES string of the molecule is COc1cccc(OC)c1CCN1CCC(c2nc(-c3ccc4c(c3)OCO4)c3cc(Cl)ccn23)CC1. The number of fused-ring (bicyclic) bond motifs is 2. The van der Waals surface area contributed by atoms with Gasteiger partial charge in [-0.1, -0.05) is 17.7 Å². The van der Waals surface area contributed by atoms with Gasteiger partial charge in [-0.15, -0.1) is 0 Å². The molecule has 0 bridgehead atoms. The van der Waals surface area contributed by atoms with Gasteiger partial charge in [0.1, 0.15) is 17.3 Å². The number of piperidine rings is 1. The number of methoxy groups -OCH3 is 2. The molecule has 2 aromatic carbocycles. The molecule has 192 valence electrons. The lowest BCUT2D eigenvalue weighted by molar-refractivity contribution is 0.174. The van der Waals surface area contributed by atoms with E-state index in [4.69, 9.17) is 35.5 Å². The molecule has 6 rings (SSSR count). The van der Waals surface area contributed by atoms with Gasteiger partial charge in [0.05, 0.1) is 25.4 Å². The third-order valence-corrected chi connectivity index (χ3v) is 7.67. The monoisotopic (exact) mass is 519 g/mol. The van der Waals surface area contributed by atoms with E-state index in [9.17, 15) is 0 Å². The number of likely N-dealkylation sites (tertiary alicyclic amines) is 1. The maximum absolute atomic E-state index is 6.40. The summed E-state index contributed by atoms with van der Waals surface area (Å²) in [5, 5.41) is 0.697. The Kier molecular flexibility index (Phi) is 6.57. The average molecular weight is 520 g/mol. The van der Waals surface area contributed by atoms with Gasteiger partial charge in [-0.05, 0) is 74.8 Å². The number of aromatic nitrogens is 2. The van der Waals surface area contributed by atoms with Gasteiger partial charge in [0, 0.05) is 34.8 Å². The predicted molar refractivity (Wildman–Crippen MR) is 143 cm³/mol. The van der Waals surface area contributed by atoms with Crippen molar-refractivity contribution in [2.75, 3.05) is 40.6 Å². The van der Waals surface area contributed by atoms with Crippen LogP contribution in [0.3, 0.4) is 0 Å². The molecule has 1 saturated heterocycles. The second-order valence-electron chi connectivity index (χ2n) is 9.49. The van der Waals surface area contributed by atoms with Crippen LogP contribution in [-0.4, -0.2) is 54.9 Å². The second kappa shape index (κ2) is 10.1. The molecule has 1 fully saturated rings. The second-order valence-corrected chi connectivity index (χ2v) is 9.93. The van der Waals surface area contributed by atoms with Gasteiger partial charge >= 0.3 is 0 Å². The van der Waals surface area contributed by atoms with Gasteiger partial charge in [-0.2, -0.15) is 0 Å². The molecule has 37 heavy (non-hydrogen) atoms. The zero-order chi connectivity index (χ0) is 25.4. The lowest BCUT2D eigenvalue weighted by Crippen LogP contribution is -2.35. The highest BCUT2D eigenvalue weighted by molar-refractivity contribution is 6.31. The minimum absolute atomic E-state index is 0.252. The highest BCUT2D eigenvalue weighted by Crippen LogP contribution is 2.39. The van der Waals surface area contributed by atoms with Crippen LogP contribution in [-0.2, 0) is 6.42 Å². The summed E-state index contributed by atoms with van der Waals surface area (Å²) >= 11 is 6.40. The number of ether oxygens (including phenoxy) is 4. The molecular weight excluding hydrogens is 490 g/mol. The highest BCUT2D eigenvalue weighted by atomic mass is 35.5. The van der Waals surface area contributed by atoms with Crippen molar-refractivity contribution in [2.45, 2.75) is 25.2 Å². The van der Waals surface area contributed by atoms with Crippen LogP contribution in [0, 0.1) is 0 Å². The molecule has 2 aromatic heterocycles. The Labute approximate surface area is 221 Å². The molecule has 0 saturated carbocycles. The van der Waals surface area contributed by atoms with Gasteiger partial charge in [0.25, 0.3) is 0 Å². The number of halogens is 1. The molecule has 4 heterocycles. The van der Waals surface area contributed by atoms with E-state index in [0.717, 1.165) is 90.1 Å². The summed E-state index contributed by atoms with van der Waals surface area (Å²) in [6, 6.07) is 15.9. The minimum Gasteiger partial charge on any atom is -0.496 e. The van der Waals surface area contributed by atoms with E-state index in [1.807, 2.05) is 54.7 Å². The lowest BCUT2D eigenvalue weighted by atomic mass is 9.95. The van der Waals surface area contributed by atoms with Crippen molar-refractivity contribution in [3.8, 4) is 34.3 Å². The van der Waals surface area contributed by atoms with E-state index in [0.29, 0.717) is 10.9 Å². The summed E-state index contributed by atoms with van der Waals surface area (Å²) in [4.78, 5) is 7.69. The number of hydrogen-bond acceptors (Lipinski definition) is 6. The topological polar surface area (TPSA) is 57.5 Å². The molecule has 4 aromatic rings. The Bertz CT molecular complexity index is 1410. The van der Waals surface area contributed by atoms with Gasteiger partial charge < -0.3 is 28.2 Å². The lowest BCUT2D eigenvalue weighted by Gasteiger charge is -2.31. The van der Waals surface area contributed by atoms with Crippen LogP contribution in [0.1, 0.15) is 30.1 Å².